The quantitative estimate of drug-likeness (QED) is 0.534. The Kier molecular flexibility index (Phi) is 7.56. The van der Waals surface area contributed by atoms with E-state index in [2.05, 4.69) is 68.2 Å². The number of aromatic nitrogens is 3. The molecule has 1 aromatic carbocycles. The molecule has 0 spiro atoms. The zero-order chi connectivity index (χ0) is 25.8. The molecule has 2 aromatic heterocycles. The summed E-state index contributed by atoms with van der Waals surface area (Å²) >= 11 is 0. The number of H-pyrrole nitrogens is 1. The monoisotopic (exact) mass is 500 g/mol. The first-order chi connectivity index (χ1) is 18.0. The average Bonchev–Trinajstić information content (AvgIpc) is 3.37. The SMILES string of the molecule is C[C@@H]1CN(c2ncc(C#N)cn2)C[C@H](C)N1C(=O)NCCC1CCN(Cc2ccc3[nH]ccc3c2)CC1. The van der Waals surface area contributed by atoms with Crippen LogP contribution in [0.3, 0.4) is 0 Å². The van der Waals surface area contributed by atoms with Crippen LogP contribution in [0.4, 0.5) is 10.7 Å². The lowest BCUT2D eigenvalue weighted by molar-refractivity contribution is 0.139. The Bertz CT molecular complexity index is 1230. The summed E-state index contributed by atoms with van der Waals surface area (Å²) in [6.07, 6.45) is 8.47. The summed E-state index contributed by atoms with van der Waals surface area (Å²) in [5.41, 5.74) is 3.01. The van der Waals surface area contributed by atoms with Crippen molar-refractivity contribution in [3.05, 3.63) is 54.0 Å². The van der Waals surface area contributed by atoms with E-state index in [0.29, 0.717) is 37.1 Å². The van der Waals surface area contributed by atoms with Gasteiger partial charge in [0.25, 0.3) is 0 Å². The highest BCUT2D eigenvalue weighted by Gasteiger charge is 2.34. The number of urea groups is 1. The zero-order valence-corrected chi connectivity index (χ0v) is 21.7. The molecular weight excluding hydrogens is 464 g/mol. The van der Waals surface area contributed by atoms with Crippen LogP contribution in [-0.4, -0.2) is 75.6 Å². The van der Waals surface area contributed by atoms with Gasteiger partial charge < -0.3 is 20.1 Å². The molecule has 0 bridgehead atoms. The number of nitriles is 1. The van der Waals surface area contributed by atoms with Crippen LogP contribution >= 0.6 is 0 Å². The first-order valence-electron chi connectivity index (χ1n) is 13.3. The number of rotatable bonds is 6. The van der Waals surface area contributed by atoms with Gasteiger partial charge in [0, 0.05) is 50.0 Å². The molecule has 0 saturated carbocycles. The van der Waals surface area contributed by atoms with Crippen molar-refractivity contribution < 1.29 is 4.79 Å². The van der Waals surface area contributed by atoms with Crippen molar-refractivity contribution in [3.8, 4) is 6.07 Å². The number of carbonyl (C=O) groups is 1. The second-order valence-electron chi connectivity index (χ2n) is 10.5. The van der Waals surface area contributed by atoms with Crippen molar-refractivity contribution in [2.45, 2.75) is 51.7 Å². The van der Waals surface area contributed by atoms with Crippen molar-refractivity contribution in [1.29, 1.82) is 5.26 Å². The fraction of sp³-hybridized carbons (Fsp3) is 0.500. The first kappa shape index (κ1) is 25.0. The van der Waals surface area contributed by atoms with E-state index >= 15 is 0 Å². The number of benzene rings is 1. The minimum Gasteiger partial charge on any atom is -0.361 e. The molecule has 2 amide bonds. The van der Waals surface area contributed by atoms with Gasteiger partial charge in [-0.1, -0.05) is 6.07 Å². The van der Waals surface area contributed by atoms with Gasteiger partial charge in [-0.25, -0.2) is 14.8 Å². The molecule has 0 unspecified atom stereocenters. The molecule has 2 fully saturated rings. The molecule has 37 heavy (non-hydrogen) atoms. The molecule has 3 aromatic rings. The molecule has 9 heteroatoms. The van der Waals surface area contributed by atoms with Crippen LogP contribution in [0.25, 0.3) is 10.9 Å². The number of nitrogens with zero attached hydrogens (tertiary/aromatic N) is 6. The van der Waals surface area contributed by atoms with Gasteiger partial charge in [0.05, 0.1) is 18.0 Å². The molecule has 5 rings (SSSR count). The van der Waals surface area contributed by atoms with E-state index in [1.54, 1.807) is 12.4 Å². The number of aromatic amines is 1. The Morgan fingerprint density at radius 2 is 1.86 bits per heavy atom. The van der Waals surface area contributed by atoms with Gasteiger partial charge in [0.1, 0.15) is 6.07 Å². The number of nitrogens with one attached hydrogen (secondary N) is 2. The molecule has 2 aliphatic rings. The smallest absolute Gasteiger partial charge is 0.318 e. The number of hydrogen-bond donors (Lipinski definition) is 2. The third kappa shape index (κ3) is 5.86. The Morgan fingerprint density at radius 1 is 1.14 bits per heavy atom. The van der Waals surface area contributed by atoms with Gasteiger partial charge in [-0.2, -0.15) is 5.26 Å². The minimum absolute atomic E-state index is 0.0120. The summed E-state index contributed by atoms with van der Waals surface area (Å²) < 4.78 is 0. The molecule has 0 aliphatic carbocycles. The van der Waals surface area contributed by atoms with Gasteiger partial charge >= 0.3 is 6.03 Å². The largest absolute Gasteiger partial charge is 0.361 e. The van der Waals surface area contributed by atoms with Crippen LogP contribution in [0, 0.1) is 17.2 Å². The molecule has 2 aliphatic heterocycles. The second-order valence-corrected chi connectivity index (χ2v) is 10.5. The Morgan fingerprint density at radius 3 is 2.57 bits per heavy atom. The highest BCUT2D eigenvalue weighted by molar-refractivity contribution is 5.79. The molecular formula is C28H36N8O. The predicted octanol–water partition coefficient (Wildman–Crippen LogP) is 3.74. The third-order valence-electron chi connectivity index (χ3n) is 7.76. The van der Waals surface area contributed by atoms with E-state index in [4.69, 9.17) is 5.26 Å². The third-order valence-corrected chi connectivity index (χ3v) is 7.76. The summed E-state index contributed by atoms with van der Waals surface area (Å²) in [6.45, 7) is 9.39. The number of anilines is 1. The number of likely N-dealkylation sites (tertiary alicyclic amines) is 1. The van der Waals surface area contributed by atoms with Gasteiger partial charge in [-0.05, 0) is 81.3 Å². The van der Waals surface area contributed by atoms with E-state index in [1.165, 1.54) is 29.3 Å². The topological polar surface area (TPSA) is 104 Å². The summed E-state index contributed by atoms with van der Waals surface area (Å²) in [5.74, 6) is 1.26. The van der Waals surface area contributed by atoms with Crippen LogP contribution in [0.15, 0.2) is 42.9 Å². The molecule has 2 N–H and O–H groups in total. The number of fused-ring (bicyclic) bond motifs is 1. The standard InChI is InChI=1S/C28H36N8O/c1-20-17-35(27-32-15-24(14-29)16-33-27)18-21(2)36(20)28(37)31-9-5-22-7-11-34(12-8-22)19-23-3-4-26-25(13-23)6-10-30-26/h3-4,6,10,13,15-16,20-22,30H,5,7-9,11-12,17-19H2,1-2H3,(H,31,37)/t20-,21+. The lowest BCUT2D eigenvalue weighted by Gasteiger charge is -2.44. The van der Waals surface area contributed by atoms with E-state index in [9.17, 15) is 4.79 Å². The summed E-state index contributed by atoms with van der Waals surface area (Å²) in [6, 6.07) is 10.9. The van der Waals surface area contributed by atoms with Gasteiger partial charge in [0.15, 0.2) is 0 Å². The summed E-state index contributed by atoms with van der Waals surface area (Å²) in [4.78, 5) is 31.5. The van der Waals surface area contributed by atoms with E-state index in [1.807, 2.05) is 17.2 Å². The summed E-state index contributed by atoms with van der Waals surface area (Å²) in [5, 5.41) is 13.4. The highest BCUT2D eigenvalue weighted by atomic mass is 16.2. The van der Waals surface area contributed by atoms with E-state index in [0.717, 1.165) is 26.1 Å². The second kappa shape index (κ2) is 11.2. The maximum atomic E-state index is 13.0. The van der Waals surface area contributed by atoms with Crippen LogP contribution < -0.4 is 10.2 Å². The van der Waals surface area contributed by atoms with Crippen molar-refractivity contribution in [2.75, 3.05) is 37.6 Å². The van der Waals surface area contributed by atoms with Gasteiger partial charge in [-0.3, -0.25) is 4.90 Å². The summed E-state index contributed by atoms with van der Waals surface area (Å²) in [7, 11) is 0. The fourth-order valence-corrected chi connectivity index (χ4v) is 5.80. The van der Waals surface area contributed by atoms with Crippen LogP contribution in [0.5, 0.6) is 0 Å². The molecule has 4 heterocycles. The zero-order valence-electron chi connectivity index (χ0n) is 21.7. The van der Waals surface area contributed by atoms with Crippen molar-refractivity contribution in [1.82, 2.24) is 30.1 Å². The van der Waals surface area contributed by atoms with Gasteiger partial charge in [-0.15, -0.1) is 0 Å². The van der Waals surface area contributed by atoms with Crippen molar-refractivity contribution in [2.24, 2.45) is 5.92 Å². The molecule has 2 atom stereocenters. The van der Waals surface area contributed by atoms with Crippen LogP contribution in [0.2, 0.25) is 0 Å². The minimum atomic E-state index is 0.0120. The number of carbonyl (C=O) groups excluding carboxylic acids is 1. The normalized spacial score (nSPS) is 21.2. The molecule has 0 radical (unpaired) electrons. The highest BCUT2D eigenvalue weighted by Crippen LogP contribution is 2.23. The van der Waals surface area contributed by atoms with E-state index in [-0.39, 0.29) is 18.1 Å². The van der Waals surface area contributed by atoms with E-state index < -0.39 is 0 Å². The van der Waals surface area contributed by atoms with Crippen molar-refractivity contribution in [3.63, 3.8) is 0 Å². The molecule has 9 nitrogen and oxygen atoms in total. The molecule has 2 saturated heterocycles. The Labute approximate surface area is 218 Å². The number of amides is 2. The Hall–Kier alpha value is -3.64. The first-order valence-corrected chi connectivity index (χ1v) is 13.3. The molecule has 194 valence electrons. The lowest BCUT2D eigenvalue weighted by atomic mass is 9.93. The predicted molar refractivity (Wildman–Crippen MR) is 144 cm³/mol. The van der Waals surface area contributed by atoms with Crippen LogP contribution in [0.1, 0.15) is 44.2 Å². The maximum absolute atomic E-state index is 13.0. The van der Waals surface area contributed by atoms with Gasteiger partial charge in [0.2, 0.25) is 5.95 Å². The Balaban J connectivity index is 1.04. The lowest BCUT2D eigenvalue weighted by Crippen LogP contribution is -2.61. The number of piperazine rings is 1. The maximum Gasteiger partial charge on any atom is 0.318 e. The van der Waals surface area contributed by atoms with Crippen molar-refractivity contribution >= 4 is 22.9 Å². The average molecular weight is 501 g/mol. The van der Waals surface area contributed by atoms with Crippen LogP contribution in [-0.2, 0) is 6.54 Å². The number of piperidine rings is 1. The number of hydrogen-bond acceptors (Lipinski definition) is 6. The fourth-order valence-electron chi connectivity index (χ4n) is 5.80.